The van der Waals surface area contributed by atoms with Gasteiger partial charge in [-0.05, 0) is 34.8 Å². The molecule has 0 unspecified atom stereocenters. The maximum atomic E-state index is 11.0. The summed E-state index contributed by atoms with van der Waals surface area (Å²) in [5, 5.41) is 0. The van der Waals surface area contributed by atoms with E-state index in [0.29, 0.717) is 0 Å². The molecule has 0 N–H and O–H groups in total. The zero-order chi connectivity index (χ0) is 11.5. The van der Waals surface area contributed by atoms with Gasteiger partial charge in [0.1, 0.15) is 6.29 Å². The Morgan fingerprint density at radius 1 is 1.33 bits per heavy atom. The number of allylic oxidation sites excluding steroid dienone is 1. The van der Waals surface area contributed by atoms with E-state index >= 15 is 0 Å². The lowest BCUT2D eigenvalue weighted by atomic mass is 9.86. The zero-order valence-electron chi connectivity index (χ0n) is 9.25. The molecule has 1 aromatic carbocycles. The first-order valence-corrected chi connectivity index (χ1v) is 5.66. The van der Waals surface area contributed by atoms with Gasteiger partial charge in [0.25, 0.3) is 0 Å². The molecule has 0 saturated heterocycles. The Kier molecular flexibility index (Phi) is 3.86. The molecule has 0 bridgehead atoms. The number of rotatable bonds is 2. The van der Waals surface area contributed by atoms with Crippen LogP contribution < -0.4 is 0 Å². The van der Waals surface area contributed by atoms with Gasteiger partial charge in [-0.1, -0.05) is 48.8 Å². The number of halogens is 1. The Morgan fingerprint density at radius 2 is 2.00 bits per heavy atom. The van der Waals surface area contributed by atoms with E-state index in [4.69, 9.17) is 0 Å². The normalized spacial score (nSPS) is 12.7. The predicted molar refractivity (Wildman–Crippen MR) is 67.6 cm³/mol. The zero-order valence-corrected chi connectivity index (χ0v) is 10.8. The molecular weight excluding hydrogens is 252 g/mol. The van der Waals surface area contributed by atoms with Gasteiger partial charge in [0, 0.05) is 4.47 Å². The Balaban J connectivity index is 3.09. The second kappa shape index (κ2) is 4.75. The lowest BCUT2D eigenvalue weighted by Crippen LogP contribution is -2.10. The van der Waals surface area contributed by atoms with Crippen LogP contribution in [0.25, 0.3) is 6.08 Å². The summed E-state index contributed by atoms with van der Waals surface area (Å²) in [4.78, 5) is 11.0. The van der Waals surface area contributed by atoms with Crippen LogP contribution in [-0.2, 0) is 4.79 Å². The second-order valence-electron chi connectivity index (χ2n) is 4.52. The van der Waals surface area contributed by atoms with Crippen molar-refractivity contribution in [3.8, 4) is 0 Å². The van der Waals surface area contributed by atoms with Crippen LogP contribution in [0, 0.1) is 5.41 Å². The van der Waals surface area contributed by atoms with E-state index in [-0.39, 0.29) is 5.41 Å². The molecule has 0 heterocycles. The Labute approximate surface area is 99.3 Å². The molecule has 1 aromatic rings. The molecule has 0 radical (unpaired) electrons. The second-order valence-corrected chi connectivity index (χ2v) is 5.44. The highest BCUT2D eigenvalue weighted by Gasteiger charge is 2.15. The van der Waals surface area contributed by atoms with Gasteiger partial charge in [-0.15, -0.1) is 0 Å². The van der Waals surface area contributed by atoms with Crippen molar-refractivity contribution >= 4 is 28.3 Å². The molecule has 2 heteroatoms. The number of carbonyl (C=O) groups is 1. The SMILES string of the molecule is CC(C)(C)/C(C=O)=C/c1cccc(Br)c1. The Bertz CT molecular complexity index is 386. The molecule has 1 rings (SSSR count). The molecular formula is C13H15BrO. The number of carbonyl (C=O) groups excluding carboxylic acids is 1. The van der Waals surface area contributed by atoms with Gasteiger partial charge < -0.3 is 0 Å². The van der Waals surface area contributed by atoms with Crippen molar-refractivity contribution < 1.29 is 4.79 Å². The minimum atomic E-state index is -0.107. The summed E-state index contributed by atoms with van der Waals surface area (Å²) in [6.45, 7) is 6.10. The van der Waals surface area contributed by atoms with Gasteiger partial charge in [-0.25, -0.2) is 0 Å². The van der Waals surface area contributed by atoms with Crippen LogP contribution in [0.4, 0.5) is 0 Å². The summed E-state index contributed by atoms with van der Waals surface area (Å²) in [5.41, 5.74) is 1.74. The van der Waals surface area contributed by atoms with E-state index in [1.54, 1.807) is 0 Å². The number of aldehydes is 1. The number of hydrogen-bond donors (Lipinski definition) is 0. The first-order valence-electron chi connectivity index (χ1n) is 4.86. The van der Waals surface area contributed by atoms with Gasteiger partial charge >= 0.3 is 0 Å². The molecule has 0 aliphatic carbocycles. The average Bonchev–Trinajstić information content (AvgIpc) is 2.12. The van der Waals surface area contributed by atoms with E-state index in [2.05, 4.69) is 15.9 Å². The third kappa shape index (κ3) is 3.63. The molecule has 1 nitrogen and oxygen atoms in total. The van der Waals surface area contributed by atoms with Gasteiger partial charge in [0.15, 0.2) is 0 Å². The van der Waals surface area contributed by atoms with Crippen molar-refractivity contribution in [2.24, 2.45) is 5.41 Å². The standard InChI is InChI=1S/C13H15BrO/c1-13(2,3)11(9-15)7-10-5-4-6-12(14)8-10/h4-9H,1-3H3/b11-7+. The third-order valence-corrected chi connectivity index (χ3v) is 2.66. The summed E-state index contributed by atoms with van der Waals surface area (Å²) in [6, 6.07) is 7.91. The van der Waals surface area contributed by atoms with Crippen LogP contribution in [-0.4, -0.2) is 6.29 Å². The molecule has 0 amide bonds. The van der Waals surface area contributed by atoms with Crippen molar-refractivity contribution in [3.05, 3.63) is 39.9 Å². The first kappa shape index (κ1) is 12.2. The third-order valence-electron chi connectivity index (χ3n) is 2.16. The fourth-order valence-electron chi connectivity index (χ4n) is 1.20. The summed E-state index contributed by atoms with van der Waals surface area (Å²) in [7, 11) is 0. The highest BCUT2D eigenvalue weighted by Crippen LogP contribution is 2.26. The number of benzene rings is 1. The van der Waals surface area contributed by atoms with Crippen LogP contribution in [0.1, 0.15) is 26.3 Å². The minimum absolute atomic E-state index is 0.107. The van der Waals surface area contributed by atoms with Crippen molar-refractivity contribution in [2.75, 3.05) is 0 Å². The van der Waals surface area contributed by atoms with Gasteiger partial charge in [-0.2, -0.15) is 0 Å². The number of hydrogen-bond acceptors (Lipinski definition) is 1. The van der Waals surface area contributed by atoms with Gasteiger partial charge in [0.05, 0.1) is 0 Å². The summed E-state index contributed by atoms with van der Waals surface area (Å²) < 4.78 is 1.02. The quantitative estimate of drug-likeness (QED) is 0.583. The van der Waals surface area contributed by atoms with E-state index in [9.17, 15) is 4.79 Å². The molecule has 0 saturated carbocycles. The molecule has 0 aliphatic heterocycles. The lowest BCUT2D eigenvalue weighted by Gasteiger charge is -2.18. The molecule has 0 atom stereocenters. The van der Waals surface area contributed by atoms with Crippen LogP contribution in [0.3, 0.4) is 0 Å². The van der Waals surface area contributed by atoms with Crippen LogP contribution >= 0.6 is 15.9 Å². The minimum Gasteiger partial charge on any atom is -0.298 e. The van der Waals surface area contributed by atoms with Crippen LogP contribution in [0.5, 0.6) is 0 Å². The largest absolute Gasteiger partial charge is 0.298 e. The Morgan fingerprint density at radius 3 is 2.47 bits per heavy atom. The van der Waals surface area contributed by atoms with Crippen molar-refractivity contribution in [1.82, 2.24) is 0 Å². The maximum absolute atomic E-state index is 11.0. The average molecular weight is 267 g/mol. The summed E-state index contributed by atoms with van der Waals surface area (Å²) in [6.07, 6.45) is 2.86. The highest BCUT2D eigenvalue weighted by molar-refractivity contribution is 9.10. The smallest absolute Gasteiger partial charge is 0.146 e. The molecule has 0 aromatic heterocycles. The van der Waals surface area contributed by atoms with E-state index in [1.165, 1.54) is 0 Å². The predicted octanol–water partition coefficient (Wildman–Crippen LogP) is 4.08. The monoisotopic (exact) mass is 266 g/mol. The van der Waals surface area contributed by atoms with E-state index in [1.807, 2.05) is 51.1 Å². The topological polar surface area (TPSA) is 17.1 Å². The maximum Gasteiger partial charge on any atom is 0.146 e. The molecule has 0 aliphatic rings. The van der Waals surface area contributed by atoms with E-state index < -0.39 is 0 Å². The fraction of sp³-hybridized carbons (Fsp3) is 0.308. The summed E-state index contributed by atoms with van der Waals surface area (Å²) in [5.74, 6) is 0. The van der Waals surface area contributed by atoms with Crippen molar-refractivity contribution in [1.29, 1.82) is 0 Å². The van der Waals surface area contributed by atoms with Gasteiger partial charge in [-0.3, -0.25) is 4.79 Å². The van der Waals surface area contributed by atoms with Crippen molar-refractivity contribution in [2.45, 2.75) is 20.8 Å². The molecule has 15 heavy (non-hydrogen) atoms. The van der Waals surface area contributed by atoms with Crippen LogP contribution in [0.2, 0.25) is 0 Å². The van der Waals surface area contributed by atoms with Gasteiger partial charge in [0.2, 0.25) is 0 Å². The van der Waals surface area contributed by atoms with Crippen molar-refractivity contribution in [3.63, 3.8) is 0 Å². The van der Waals surface area contributed by atoms with Crippen LogP contribution in [0.15, 0.2) is 34.3 Å². The fourth-order valence-corrected chi connectivity index (χ4v) is 1.62. The van der Waals surface area contributed by atoms with E-state index in [0.717, 1.165) is 21.9 Å². The summed E-state index contributed by atoms with van der Waals surface area (Å²) >= 11 is 3.41. The molecule has 80 valence electrons. The first-order chi connectivity index (χ1) is 6.93. The Hall–Kier alpha value is -0.890. The lowest BCUT2D eigenvalue weighted by molar-refractivity contribution is -0.105. The molecule has 0 fully saturated rings. The highest BCUT2D eigenvalue weighted by atomic mass is 79.9. The molecule has 0 spiro atoms.